The Bertz CT molecular complexity index is 392. The number of hydrogen-bond acceptors (Lipinski definition) is 3. The number of aliphatic hydroxyl groups is 1. The second-order valence-corrected chi connectivity index (χ2v) is 4.98. The van der Waals surface area contributed by atoms with Crippen molar-refractivity contribution in [3.05, 3.63) is 29.3 Å². The standard InChI is InChI=1S/C15H24N2O/c1-3-16-12(2)13-6-7-15-14(11-13)5-4-8-17(15)9-10-18/h6-7,11-12,16,18H,3-5,8-10H2,1-2H3. The van der Waals surface area contributed by atoms with Crippen molar-refractivity contribution in [1.29, 1.82) is 0 Å². The van der Waals surface area contributed by atoms with Gasteiger partial charge >= 0.3 is 0 Å². The van der Waals surface area contributed by atoms with E-state index >= 15 is 0 Å². The van der Waals surface area contributed by atoms with E-state index in [1.807, 2.05) is 0 Å². The lowest BCUT2D eigenvalue weighted by atomic mass is 9.97. The monoisotopic (exact) mass is 248 g/mol. The van der Waals surface area contributed by atoms with Crippen LogP contribution in [-0.2, 0) is 6.42 Å². The maximum atomic E-state index is 9.11. The fraction of sp³-hybridized carbons (Fsp3) is 0.600. The maximum absolute atomic E-state index is 9.11. The van der Waals surface area contributed by atoms with Crippen LogP contribution in [0.2, 0.25) is 0 Å². The van der Waals surface area contributed by atoms with Crippen molar-refractivity contribution in [2.24, 2.45) is 0 Å². The highest BCUT2D eigenvalue weighted by Gasteiger charge is 2.17. The summed E-state index contributed by atoms with van der Waals surface area (Å²) in [6, 6.07) is 7.16. The third kappa shape index (κ3) is 2.85. The first-order valence-corrected chi connectivity index (χ1v) is 6.98. The van der Waals surface area contributed by atoms with E-state index < -0.39 is 0 Å². The SMILES string of the molecule is CCNC(C)c1ccc2c(c1)CCCN2CCO. The zero-order valence-electron chi connectivity index (χ0n) is 11.4. The number of aliphatic hydroxyl groups excluding tert-OH is 1. The Balaban J connectivity index is 2.21. The minimum absolute atomic E-state index is 0.231. The largest absolute Gasteiger partial charge is 0.395 e. The second-order valence-electron chi connectivity index (χ2n) is 4.98. The minimum Gasteiger partial charge on any atom is -0.395 e. The van der Waals surface area contributed by atoms with E-state index in [1.54, 1.807) is 0 Å². The van der Waals surface area contributed by atoms with Crippen LogP contribution in [0.5, 0.6) is 0 Å². The lowest BCUT2D eigenvalue weighted by molar-refractivity contribution is 0.301. The van der Waals surface area contributed by atoms with E-state index in [0.29, 0.717) is 6.04 Å². The van der Waals surface area contributed by atoms with Gasteiger partial charge in [0.1, 0.15) is 0 Å². The van der Waals surface area contributed by atoms with Gasteiger partial charge in [0, 0.05) is 24.8 Å². The molecule has 3 nitrogen and oxygen atoms in total. The smallest absolute Gasteiger partial charge is 0.0606 e. The number of benzene rings is 1. The van der Waals surface area contributed by atoms with Gasteiger partial charge in [-0.15, -0.1) is 0 Å². The first-order chi connectivity index (χ1) is 8.76. The number of aryl methyl sites for hydroxylation is 1. The van der Waals surface area contributed by atoms with Crippen molar-refractivity contribution in [3.63, 3.8) is 0 Å². The third-order valence-corrected chi connectivity index (χ3v) is 3.70. The summed E-state index contributed by atoms with van der Waals surface area (Å²) in [6.07, 6.45) is 2.34. The molecule has 0 spiro atoms. The molecule has 1 aromatic carbocycles. The summed E-state index contributed by atoms with van der Waals surface area (Å²) in [7, 11) is 0. The molecule has 0 saturated heterocycles. The number of nitrogens with zero attached hydrogens (tertiary/aromatic N) is 1. The van der Waals surface area contributed by atoms with Crippen LogP contribution in [0.3, 0.4) is 0 Å². The summed E-state index contributed by atoms with van der Waals surface area (Å²) in [5.74, 6) is 0. The fourth-order valence-corrected chi connectivity index (χ4v) is 2.74. The molecule has 1 aromatic rings. The van der Waals surface area contributed by atoms with Gasteiger partial charge in [-0.1, -0.05) is 19.1 Å². The molecular formula is C15H24N2O. The van der Waals surface area contributed by atoms with Crippen LogP contribution < -0.4 is 10.2 Å². The molecule has 1 heterocycles. The molecule has 1 aliphatic heterocycles. The fourth-order valence-electron chi connectivity index (χ4n) is 2.74. The van der Waals surface area contributed by atoms with Crippen LogP contribution in [0.25, 0.3) is 0 Å². The van der Waals surface area contributed by atoms with E-state index in [2.05, 4.69) is 42.3 Å². The van der Waals surface area contributed by atoms with Crippen LogP contribution in [0.4, 0.5) is 5.69 Å². The first-order valence-electron chi connectivity index (χ1n) is 6.98. The van der Waals surface area contributed by atoms with Gasteiger partial charge < -0.3 is 15.3 Å². The number of anilines is 1. The Kier molecular flexibility index (Phi) is 4.61. The average molecular weight is 248 g/mol. The number of fused-ring (bicyclic) bond motifs is 1. The van der Waals surface area contributed by atoms with E-state index in [9.17, 15) is 0 Å². The van der Waals surface area contributed by atoms with Gasteiger partial charge in [-0.05, 0) is 43.5 Å². The van der Waals surface area contributed by atoms with Gasteiger partial charge in [0.15, 0.2) is 0 Å². The summed E-state index contributed by atoms with van der Waals surface area (Å²) in [4.78, 5) is 2.29. The number of nitrogens with one attached hydrogen (secondary N) is 1. The molecule has 0 saturated carbocycles. The van der Waals surface area contributed by atoms with E-state index in [1.165, 1.54) is 23.2 Å². The second kappa shape index (κ2) is 6.21. The van der Waals surface area contributed by atoms with Crippen molar-refractivity contribution in [2.45, 2.75) is 32.7 Å². The van der Waals surface area contributed by atoms with Gasteiger partial charge in [0.2, 0.25) is 0 Å². The highest BCUT2D eigenvalue weighted by Crippen LogP contribution is 2.29. The number of β-amino-alcohol motifs (C(OH)–C–C–N with tert-alkyl or cyclic N) is 1. The Hall–Kier alpha value is -1.06. The third-order valence-electron chi connectivity index (χ3n) is 3.70. The van der Waals surface area contributed by atoms with Gasteiger partial charge in [-0.3, -0.25) is 0 Å². The molecule has 0 amide bonds. The predicted molar refractivity (Wildman–Crippen MR) is 76.2 cm³/mol. The first kappa shape index (κ1) is 13.4. The van der Waals surface area contributed by atoms with Crippen LogP contribution in [0.15, 0.2) is 18.2 Å². The van der Waals surface area contributed by atoms with Gasteiger partial charge in [0.05, 0.1) is 6.61 Å². The molecule has 0 radical (unpaired) electrons. The zero-order chi connectivity index (χ0) is 13.0. The number of hydrogen-bond donors (Lipinski definition) is 2. The minimum atomic E-state index is 0.231. The summed E-state index contributed by atoms with van der Waals surface area (Å²) >= 11 is 0. The summed E-state index contributed by atoms with van der Waals surface area (Å²) in [6.45, 7) is 7.38. The normalized spacial score (nSPS) is 16.5. The van der Waals surface area contributed by atoms with E-state index in [-0.39, 0.29) is 6.61 Å². The van der Waals surface area contributed by atoms with Gasteiger partial charge in [-0.2, -0.15) is 0 Å². The number of rotatable bonds is 5. The molecule has 0 aliphatic carbocycles. The molecule has 2 N–H and O–H groups in total. The molecule has 18 heavy (non-hydrogen) atoms. The lowest BCUT2D eigenvalue weighted by Crippen LogP contribution is -2.32. The van der Waals surface area contributed by atoms with E-state index in [4.69, 9.17) is 5.11 Å². The quantitative estimate of drug-likeness (QED) is 0.837. The van der Waals surface area contributed by atoms with Crippen molar-refractivity contribution in [3.8, 4) is 0 Å². The molecule has 2 rings (SSSR count). The summed E-state index contributed by atoms with van der Waals surface area (Å²) in [5, 5.41) is 12.6. The van der Waals surface area contributed by atoms with Crippen LogP contribution in [-0.4, -0.2) is 31.3 Å². The maximum Gasteiger partial charge on any atom is 0.0606 e. The Labute approximate surface area is 110 Å². The molecule has 1 unspecified atom stereocenters. The lowest BCUT2D eigenvalue weighted by Gasteiger charge is -2.31. The Morgan fingerprint density at radius 2 is 2.28 bits per heavy atom. The predicted octanol–water partition coefficient (Wildman–Crippen LogP) is 2.10. The van der Waals surface area contributed by atoms with Crippen molar-refractivity contribution in [2.75, 3.05) is 31.1 Å². The molecule has 0 fully saturated rings. The molecule has 1 atom stereocenters. The topological polar surface area (TPSA) is 35.5 Å². The van der Waals surface area contributed by atoms with Gasteiger partial charge in [0.25, 0.3) is 0 Å². The van der Waals surface area contributed by atoms with Crippen LogP contribution >= 0.6 is 0 Å². The highest BCUT2D eigenvalue weighted by molar-refractivity contribution is 5.57. The molecule has 1 aliphatic rings. The van der Waals surface area contributed by atoms with Crippen LogP contribution in [0.1, 0.15) is 37.4 Å². The van der Waals surface area contributed by atoms with Crippen molar-refractivity contribution in [1.82, 2.24) is 5.32 Å². The Morgan fingerprint density at radius 3 is 3.00 bits per heavy atom. The average Bonchev–Trinajstić information content (AvgIpc) is 2.39. The highest BCUT2D eigenvalue weighted by atomic mass is 16.3. The molecule has 0 bridgehead atoms. The summed E-state index contributed by atoms with van der Waals surface area (Å²) in [5.41, 5.74) is 4.10. The van der Waals surface area contributed by atoms with Gasteiger partial charge in [-0.25, -0.2) is 0 Å². The molecule has 0 aromatic heterocycles. The zero-order valence-corrected chi connectivity index (χ0v) is 11.4. The summed E-state index contributed by atoms with van der Waals surface area (Å²) < 4.78 is 0. The van der Waals surface area contributed by atoms with Crippen molar-refractivity contribution >= 4 is 5.69 Å². The van der Waals surface area contributed by atoms with E-state index in [0.717, 1.165) is 26.1 Å². The molecule has 100 valence electrons. The van der Waals surface area contributed by atoms with Crippen molar-refractivity contribution < 1.29 is 5.11 Å². The molecular weight excluding hydrogens is 224 g/mol. The Morgan fingerprint density at radius 1 is 1.44 bits per heavy atom. The molecule has 3 heteroatoms. The van der Waals surface area contributed by atoms with Crippen LogP contribution in [0, 0.1) is 0 Å².